The van der Waals surface area contributed by atoms with E-state index in [0.29, 0.717) is 37.7 Å². The number of rotatable bonds is 6. The predicted molar refractivity (Wildman–Crippen MR) is 103 cm³/mol. The van der Waals surface area contributed by atoms with Gasteiger partial charge in [-0.2, -0.15) is 0 Å². The van der Waals surface area contributed by atoms with Crippen LogP contribution in [-0.4, -0.2) is 38.3 Å². The van der Waals surface area contributed by atoms with Gasteiger partial charge >= 0.3 is 0 Å². The monoisotopic (exact) mass is 372 g/mol. The van der Waals surface area contributed by atoms with Gasteiger partial charge in [0.25, 0.3) is 10.0 Å². The predicted octanol–water partition coefficient (Wildman–Crippen LogP) is 3.35. The summed E-state index contributed by atoms with van der Waals surface area (Å²) in [6, 6.07) is 13.3. The maximum atomic E-state index is 13.3. The first-order valence-electron chi connectivity index (χ1n) is 8.77. The van der Waals surface area contributed by atoms with Crippen LogP contribution in [0, 0.1) is 13.8 Å². The van der Waals surface area contributed by atoms with Crippen LogP contribution < -0.4 is 4.74 Å². The number of hydrogen-bond acceptors (Lipinski definition) is 4. The molecule has 0 amide bonds. The number of hydrogen-bond donors (Lipinski definition) is 0. The number of amidine groups is 1. The summed E-state index contributed by atoms with van der Waals surface area (Å²) < 4.78 is 33.7. The lowest BCUT2D eigenvalue weighted by molar-refractivity contribution is 0.336. The van der Waals surface area contributed by atoms with E-state index >= 15 is 0 Å². The Hall–Kier alpha value is -2.34. The molecule has 0 aromatic heterocycles. The molecule has 138 valence electrons. The van der Waals surface area contributed by atoms with Gasteiger partial charge in [-0.05, 0) is 37.5 Å². The summed E-state index contributed by atoms with van der Waals surface area (Å²) in [6.45, 7) is 6.99. The van der Waals surface area contributed by atoms with Crippen LogP contribution in [-0.2, 0) is 16.4 Å². The van der Waals surface area contributed by atoms with Crippen molar-refractivity contribution in [3.63, 3.8) is 0 Å². The van der Waals surface area contributed by atoms with Crippen LogP contribution in [0.2, 0.25) is 0 Å². The molecule has 2 aromatic rings. The Morgan fingerprint density at radius 3 is 2.54 bits per heavy atom. The fourth-order valence-electron chi connectivity index (χ4n) is 3.18. The minimum atomic E-state index is -3.67. The van der Waals surface area contributed by atoms with Gasteiger partial charge in [-0.1, -0.05) is 36.4 Å². The minimum Gasteiger partial charge on any atom is -0.494 e. The van der Waals surface area contributed by atoms with E-state index in [-0.39, 0.29) is 4.90 Å². The number of sulfonamides is 1. The highest BCUT2D eigenvalue weighted by atomic mass is 32.2. The first kappa shape index (κ1) is 18.5. The van der Waals surface area contributed by atoms with E-state index in [4.69, 9.17) is 4.74 Å². The van der Waals surface area contributed by atoms with Crippen LogP contribution in [0.3, 0.4) is 0 Å². The normalized spacial score (nSPS) is 14.4. The number of benzene rings is 2. The molecule has 5 nitrogen and oxygen atoms in total. The third-order valence-electron chi connectivity index (χ3n) is 4.43. The third kappa shape index (κ3) is 3.60. The highest BCUT2D eigenvalue weighted by molar-refractivity contribution is 7.89. The van der Waals surface area contributed by atoms with Gasteiger partial charge in [0.2, 0.25) is 0 Å². The van der Waals surface area contributed by atoms with Crippen molar-refractivity contribution >= 4 is 15.9 Å². The van der Waals surface area contributed by atoms with Crippen LogP contribution in [0.25, 0.3) is 0 Å². The molecule has 0 bridgehead atoms. The third-order valence-corrected chi connectivity index (χ3v) is 6.40. The second kappa shape index (κ2) is 7.50. The summed E-state index contributed by atoms with van der Waals surface area (Å²) in [5, 5.41) is 0. The zero-order valence-corrected chi connectivity index (χ0v) is 16.2. The SMILES string of the molecule is CCOc1cc(S(=O)(=O)N2CCN=C2Cc2ccccc2)c(C)cc1C. The number of aryl methyl sites for hydroxylation is 2. The van der Waals surface area contributed by atoms with Crippen molar-refractivity contribution < 1.29 is 13.2 Å². The van der Waals surface area contributed by atoms with E-state index in [1.165, 1.54) is 4.31 Å². The van der Waals surface area contributed by atoms with Crippen LogP contribution >= 0.6 is 0 Å². The molecule has 3 rings (SSSR count). The first-order valence-corrected chi connectivity index (χ1v) is 10.2. The second-order valence-corrected chi connectivity index (χ2v) is 8.18. The van der Waals surface area contributed by atoms with Gasteiger partial charge in [0.1, 0.15) is 11.6 Å². The molecule has 0 saturated carbocycles. The lowest BCUT2D eigenvalue weighted by Gasteiger charge is -2.22. The van der Waals surface area contributed by atoms with Crippen LogP contribution in [0.4, 0.5) is 0 Å². The number of ether oxygens (including phenoxy) is 1. The standard InChI is InChI=1S/C20H24N2O3S/c1-4-25-18-14-19(16(3)12-15(18)2)26(23,24)22-11-10-21-20(22)13-17-8-6-5-7-9-17/h5-9,12,14H,4,10-11,13H2,1-3H3. The fraction of sp³-hybridized carbons (Fsp3) is 0.350. The molecule has 1 aliphatic rings. The van der Waals surface area contributed by atoms with E-state index in [1.807, 2.05) is 57.2 Å². The molecule has 2 aromatic carbocycles. The van der Waals surface area contributed by atoms with Gasteiger partial charge in [-0.25, -0.2) is 8.42 Å². The van der Waals surface area contributed by atoms with Gasteiger partial charge in [-0.3, -0.25) is 9.30 Å². The van der Waals surface area contributed by atoms with Crippen LogP contribution in [0.1, 0.15) is 23.6 Å². The molecule has 26 heavy (non-hydrogen) atoms. The molecular weight excluding hydrogens is 348 g/mol. The molecule has 0 N–H and O–H groups in total. The van der Waals surface area contributed by atoms with Crippen LogP contribution in [0.5, 0.6) is 5.75 Å². The zero-order valence-electron chi connectivity index (χ0n) is 15.4. The number of aliphatic imine (C=N–C) groups is 1. The van der Waals surface area contributed by atoms with Crippen LogP contribution in [0.15, 0.2) is 52.4 Å². The van der Waals surface area contributed by atoms with Crippen molar-refractivity contribution in [2.75, 3.05) is 19.7 Å². The maximum Gasteiger partial charge on any atom is 0.265 e. The van der Waals surface area contributed by atoms with E-state index in [1.54, 1.807) is 6.07 Å². The Morgan fingerprint density at radius 2 is 1.85 bits per heavy atom. The van der Waals surface area contributed by atoms with Crippen molar-refractivity contribution in [2.24, 2.45) is 4.99 Å². The second-order valence-electron chi connectivity index (χ2n) is 6.35. The summed E-state index contributed by atoms with van der Waals surface area (Å²) in [5.41, 5.74) is 2.70. The first-order chi connectivity index (χ1) is 12.4. The molecule has 0 aliphatic carbocycles. The molecule has 0 fully saturated rings. The Morgan fingerprint density at radius 1 is 1.12 bits per heavy atom. The van der Waals surface area contributed by atoms with Gasteiger partial charge in [0.15, 0.2) is 0 Å². The average Bonchev–Trinajstić information content (AvgIpc) is 3.07. The largest absolute Gasteiger partial charge is 0.494 e. The minimum absolute atomic E-state index is 0.286. The molecule has 0 radical (unpaired) electrons. The molecule has 1 aliphatic heterocycles. The quantitative estimate of drug-likeness (QED) is 0.781. The number of nitrogens with zero attached hydrogens (tertiary/aromatic N) is 2. The molecule has 6 heteroatoms. The smallest absolute Gasteiger partial charge is 0.265 e. The summed E-state index contributed by atoms with van der Waals surface area (Å²) in [4.78, 5) is 4.73. The maximum absolute atomic E-state index is 13.3. The van der Waals surface area contributed by atoms with Crippen molar-refractivity contribution in [1.82, 2.24) is 4.31 Å². The lowest BCUT2D eigenvalue weighted by Crippen LogP contribution is -2.35. The van der Waals surface area contributed by atoms with Gasteiger partial charge in [0, 0.05) is 12.5 Å². The summed E-state index contributed by atoms with van der Waals surface area (Å²) >= 11 is 0. The molecular formula is C20H24N2O3S. The van der Waals surface area contributed by atoms with Gasteiger partial charge < -0.3 is 4.74 Å². The van der Waals surface area contributed by atoms with Gasteiger partial charge in [0.05, 0.1) is 24.6 Å². The van der Waals surface area contributed by atoms with E-state index in [0.717, 1.165) is 16.7 Å². The fourth-order valence-corrected chi connectivity index (χ4v) is 4.86. The van der Waals surface area contributed by atoms with E-state index < -0.39 is 10.0 Å². The van der Waals surface area contributed by atoms with Crippen molar-refractivity contribution in [1.29, 1.82) is 0 Å². The molecule has 0 spiro atoms. The van der Waals surface area contributed by atoms with Gasteiger partial charge in [-0.15, -0.1) is 0 Å². The van der Waals surface area contributed by atoms with Crippen molar-refractivity contribution in [3.05, 3.63) is 59.2 Å². The Bertz CT molecular complexity index is 922. The highest BCUT2D eigenvalue weighted by Gasteiger charge is 2.32. The zero-order chi connectivity index (χ0) is 18.7. The molecule has 0 atom stereocenters. The Kier molecular flexibility index (Phi) is 5.32. The topological polar surface area (TPSA) is 59.0 Å². The average molecular weight is 372 g/mol. The molecule has 1 heterocycles. The molecule has 0 saturated heterocycles. The highest BCUT2D eigenvalue weighted by Crippen LogP contribution is 2.29. The summed E-state index contributed by atoms with van der Waals surface area (Å²) in [7, 11) is -3.67. The summed E-state index contributed by atoms with van der Waals surface area (Å²) in [5.74, 6) is 1.20. The summed E-state index contributed by atoms with van der Waals surface area (Å²) in [6.07, 6.45) is 0.503. The van der Waals surface area contributed by atoms with E-state index in [2.05, 4.69) is 4.99 Å². The Balaban J connectivity index is 1.95. The van der Waals surface area contributed by atoms with Crippen molar-refractivity contribution in [2.45, 2.75) is 32.1 Å². The van der Waals surface area contributed by atoms with E-state index in [9.17, 15) is 8.42 Å². The Labute approximate surface area is 155 Å². The van der Waals surface area contributed by atoms with Crippen molar-refractivity contribution in [3.8, 4) is 5.75 Å². The molecule has 0 unspecified atom stereocenters. The lowest BCUT2D eigenvalue weighted by atomic mass is 10.1.